The van der Waals surface area contributed by atoms with Gasteiger partial charge in [0.2, 0.25) is 0 Å². The average molecular weight is 226 g/mol. The van der Waals surface area contributed by atoms with Crippen LogP contribution in [-0.4, -0.2) is 15.7 Å². The minimum Gasteiger partial charge on any atom is -0.0887 e. The van der Waals surface area contributed by atoms with E-state index >= 15 is 0 Å². The lowest BCUT2D eigenvalue weighted by Gasteiger charge is -2.16. The number of fused-ring (bicyclic) bond motifs is 3. The van der Waals surface area contributed by atoms with Gasteiger partial charge in [-0.05, 0) is 46.5 Å². The Morgan fingerprint density at radius 2 is 1.06 bits per heavy atom. The van der Waals surface area contributed by atoms with E-state index in [0.29, 0.717) is 0 Å². The van der Waals surface area contributed by atoms with E-state index < -0.39 is 0 Å². The van der Waals surface area contributed by atoms with Gasteiger partial charge in [0.15, 0.2) is 0 Å². The van der Waals surface area contributed by atoms with Gasteiger partial charge in [0.05, 0.1) is 0 Å². The first-order valence-corrected chi connectivity index (χ1v) is 6.07. The third-order valence-electron chi connectivity index (χ3n) is 3.80. The lowest BCUT2D eigenvalue weighted by molar-refractivity contribution is 1.42. The van der Waals surface area contributed by atoms with Gasteiger partial charge in [-0.3, -0.25) is 0 Å². The number of hydrogen-bond acceptors (Lipinski definition) is 0. The van der Waals surface area contributed by atoms with Crippen molar-refractivity contribution in [1.82, 2.24) is 0 Å². The van der Waals surface area contributed by atoms with Crippen LogP contribution in [0.15, 0.2) is 36.4 Å². The molecular weight excluding hydrogens is 214 g/mol. The Bertz CT molecular complexity index is 706. The zero-order chi connectivity index (χ0) is 12.9. The smallest absolute Gasteiger partial charge is 0.0887 e. The van der Waals surface area contributed by atoms with Crippen LogP contribution in [0.25, 0.3) is 21.5 Å². The normalized spacial score (nSPS) is 11.2. The number of rotatable bonds is 0. The Kier molecular flexibility index (Phi) is 2.48. The van der Waals surface area contributed by atoms with Crippen molar-refractivity contribution in [3.05, 3.63) is 47.5 Å². The van der Waals surface area contributed by atoms with Crippen molar-refractivity contribution in [2.45, 2.75) is 13.8 Å². The van der Waals surface area contributed by atoms with Gasteiger partial charge >= 0.3 is 0 Å². The van der Waals surface area contributed by atoms with Crippen LogP contribution in [0, 0.1) is 13.8 Å². The molecule has 4 radical (unpaired) electrons. The molecule has 0 aliphatic heterocycles. The van der Waals surface area contributed by atoms with Gasteiger partial charge in [-0.2, -0.15) is 0 Å². The summed E-state index contributed by atoms with van der Waals surface area (Å²) in [5, 5.41) is 4.65. The first kappa shape index (κ1) is 11.4. The summed E-state index contributed by atoms with van der Waals surface area (Å²) in [6, 6.07) is 12.1. The first-order chi connectivity index (χ1) is 8.61. The molecule has 0 amide bonds. The van der Waals surface area contributed by atoms with Crippen molar-refractivity contribution < 1.29 is 0 Å². The largest absolute Gasteiger partial charge is 0.114 e. The maximum Gasteiger partial charge on any atom is 0.114 e. The molecule has 18 heavy (non-hydrogen) atoms. The number of aryl methyl sites for hydroxylation is 2. The highest BCUT2D eigenvalue weighted by Gasteiger charge is 2.10. The molecule has 3 aromatic rings. The molecule has 0 aromatic heterocycles. The van der Waals surface area contributed by atoms with Crippen molar-refractivity contribution in [2.75, 3.05) is 0 Å². The molecule has 0 atom stereocenters. The molecule has 0 bridgehead atoms. The molecule has 82 valence electrons. The summed E-state index contributed by atoms with van der Waals surface area (Å²) >= 11 is 0. The zero-order valence-corrected chi connectivity index (χ0v) is 10.6. The fourth-order valence-electron chi connectivity index (χ4n) is 2.80. The lowest BCUT2D eigenvalue weighted by atomic mass is 9.80. The summed E-state index contributed by atoms with van der Waals surface area (Å²) in [6.45, 7) is 4.22. The first-order valence-electron chi connectivity index (χ1n) is 6.07. The zero-order valence-electron chi connectivity index (χ0n) is 10.6. The van der Waals surface area contributed by atoms with Crippen molar-refractivity contribution in [1.29, 1.82) is 0 Å². The summed E-state index contributed by atoms with van der Waals surface area (Å²) in [5.74, 6) is 0. The Balaban J connectivity index is 2.72. The monoisotopic (exact) mass is 226 g/mol. The summed E-state index contributed by atoms with van der Waals surface area (Å²) < 4.78 is 0. The molecule has 0 nitrogen and oxygen atoms in total. The minimum absolute atomic E-state index is 0.831. The van der Waals surface area contributed by atoms with E-state index in [-0.39, 0.29) is 0 Å². The molecule has 2 heteroatoms. The highest BCUT2D eigenvalue weighted by Crippen LogP contribution is 2.29. The molecule has 3 rings (SSSR count). The maximum atomic E-state index is 6.12. The summed E-state index contributed by atoms with van der Waals surface area (Å²) in [7, 11) is 12.2. The summed E-state index contributed by atoms with van der Waals surface area (Å²) in [6.07, 6.45) is 0. The number of benzene rings is 3. The van der Waals surface area contributed by atoms with Crippen molar-refractivity contribution in [3.8, 4) is 0 Å². The van der Waals surface area contributed by atoms with Crippen LogP contribution < -0.4 is 10.9 Å². The third-order valence-corrected chi connectivity index (χ3v) is 3.80. The van der Waals surface area contributed by atoms with Crippen molar-refractivity contribution in [3.63, 3.8) is 0 Å². The van der Waals surface area contributed by atoms with Crippen LogP contribution >= 0.6 is 0 Å². The van der Waals surface area contributed by atoms with Crippen LogP contribution in [-0.2, 0) is 0 Å². The summed E-state index contributed by atoms with van der Waals surface area (Å²) in [5.41, 5.74) is 4.09. The number of hydrogen-bond donors (Lipinski definition) is 0. The molecule has 0 saturated heterocycles. The predicted octanol–water partition coefficient (Wildman–Crippen LogP) is 2.20. The Morgan fingerprint density at radius 3 is 1.44 bits per heavy atom. The SMILES string of the molecule is [B]c1cccc2c1c(C)c(C)c1c([B])cccc12. The second-order valence-electron chi connectivity index (χ2n) is 4.79. The van der Waals surface area contributed by atoms with Crippen LogP contribution in [0.3, 0.4) is 0 Å². The van der Waals surface area contributed by atoms with E-state index in [1.54, 1.807) is 0 Å². The van der Waals surface area contributed by atoms with E-state index in [4.69, 9.17) is 15.7 Å². The molecule has 0 N–H and O–H groups in total. The minimum atomic E-state index is 0.831. The molecule has 0 aliphatic carbocycles. The average Bonchev–Trinajstić information content (AvgIpc) is 2.35. The second kappa shape index (κ2) is 3.91. The highest BCUT2D eigenvalue weighted by atomic mass is 14.1. The Labute approximate surface area is 110 Å². The fraction of sp³-hybridized carbons (Fsp3) is 0.125. The van der Waals surface area contributed by atoms with E-state index in [9.17, 15) is 0 Å². The van der Waals surface area contributed by atoms with Gasteiger partial charge in [-0.25, -0.2) is 0 Å². The van der Waals surface area contributed by atoms with E-state index in [0.717, 1.165) is 21.7 Å². The lowest BCUT2D eigenvalue weighted by Crippen LogP contribution is -2.10. The maximum absolute atomic E-state index is 6.12. The fourth-order valence-corrected chi connectivity index (χ4v) is 2.80. The van der Waals surface area contributed by atoms with Gasteiger partial charge in [0, 0.05) is 0 Å². The van der Waals surface area contributed by atoms with Crippen molar-refractivity contribution >= 4 is 48.2 Å². The predicted molar refractivity (Wildman–Crippen MR) is 81.7 cm³/mol. The molecule has 3 aromatic carbocycles. The molecule has 0 saturated carbocycles. The third kappa shape index (κ3) is 1.42. The van der Waals surface area contributed by atoms with Crippen LogP contribution in [0.2, 0.25) is 0 Å². The van der Waals surface area contributed by atoms with Crippen LogP contribution in [0.1, 0.15) is 11.1 Å². The van der Waals surface area contributed by atoms with Crippen LogP contribution in [0.5, 0.6) is 0 Å². The van der Waals surface area contributed by atoms with E-state index in [1.807, 2.05) is 24.3 Å². The van der Waals surface area contributed by atoms with E-state index in [2.05, 4.69) is 26.0 Å². The van der Waals surface area contributed by atoms with Gasteiger partial charge in [0.25, 0.3) is 0 Å². The topological polar surface area (TPSA) is 0 Å². The molecule has 0 heterocycles. The van der Waals surface area contributed by atoms with E-state index in [1.165, 1.54) is 21.9 Å². The Morgan fingerprint density at radius 1 is 0.667 bits per heavy atom. The standard InChI is InChI=1S/C16H12B2/c1-9-10(2)16-12(6-4-8-14(16)18)11-5-3-7-13(17)15(9)11/h3-8H,1-2H3. The van der Waals surface area contributed by atoms with Crippen molar-refractivity contribution in [2.24, 2.45) is 0 Å². The molecule has 0 fully saturated rings. The Hall–Kier alpha value is -1.69. The molecule has 0 unspecified atom stereocenters. The molecule has 0 spiro atoms. The highest BCUT2D eigenvalue weighted by molar-refractivity contribution is 6.43. The van der Waals surface area contributed by atoms with Gasteiger partial charge in [-0.1, -0.05) is 47.3 Å². The van der Waals surface area contributed by atoms with Crippen LogP contribution in [0.4, 0.5) is 0 Å². The van der Waals surface area contributed by atoms with Gasteiger partial charge in [0.1, 0.15) is 15.7 Å². The molecule has 0 aliphatic rings. The van der Waals surface area contributed by atoms with Gasteiger partial charge < -0.3 is 0 Å². The van der Waals surface area contributed by atoms with Gasteiger partial charge in [-0.15, -0.1) is 0 Å². The quantitative estimate of drug-likeness (QED) is 0.407. The summed E-state index contributed by atoms with van der Waals surface area (Å²) in [4.78, 5) is 0. The molecular formula is C16H12B2. The second-order valence-corrected chi connectivity index (χ2v) is 4.79.